The molecule has 2 rings (SSSR count). The number of nitrogens with one attached hydrogen (secondary N) is 1. The lowest BCUT2D eigenvalue weighted by Crippen LogP contribution is -2.30. The summed E-state index contributed by atoms with van der Waals surface area (Å²) in [6.07, 6.45) is 11.7. The largest absolute Gasteiger partial charge is 0.271 e. The van der Waals surface area contributed by atoms with E-state index in [-0.39, 0.29) is 6.04 Å². The lowest BCUT2D eigenvalue weighted by Gasteiger charge is -2.26. The Bertz CT molecular complexity index is 293. The minimum absolute atomic E-state index is 0.283. The van der Waals surface area contributed by atoms with Gasteiger partial charge in [-0.1, -0.05) is 32.1 Å². The number of rotatable bonds is 4. The topological polar surface area (TPSA) is 50.9 Å². The van der Waals surface area contributed by atoms with Crippen LogP contribution in [0.25, 0.3) is 0 Å². The van der Waals surface area contributed by atoms with Crippen LogP contribution >= 0.6 is 0 Å². The van der Waals surface area contributed by atoms with Gasteiger partial charge in [-0.15, -0.1) is 0 Å². The van der Waals surface area contributed by atoms with Crippen LogP contribution < -0.4 is 11.3 Å². The smallest absolute Gasteiger partial charge is 0.0463 e. The third kappa shape index (κ3) is 3.03. The Morgan fingerprint density at radius 3 is 2.56 bits per heavy atom. The van der Waals surface area contributed by atoms with Gasteiger partial charge in [-0.2, -0.15) is 0 Å². The van der Waals surface area contributed by atoms with E-state index in [1.165, 1.54) is 37.7 Å². The maximum Gasteiger partial charge on any atom is 0.0463 e. The highest BCUT2D eigenvalue weighted by atomic mass is 15.2. The summed E-state index contributed by atoms with van der Waals surface area (Å²) in [5, 5.41) is 0. The van der Waals surface area contributed by atoms with Gasteiger partial charge in [0.15, 0.2) is 0 Å². The molecule has 1 aliphatic rings. The Kier molecular flexibility index (Phi) is 4.31. The minimum atomic E-state index is 0.283. The molecule has 3 nitrogen and oxygen atoms in total. The third-order valence-electron chi connectivity index (χ3n) is 3.60. The van der Waals surface area contributed by atoms with Gasteiger partial charge < -0.3 is 0 Å². The molecule has 1 saturated carbocycles. The summed E-state index contributed by atoms with van der Waals surface area (Å²) in [6, 6.07) is 4.38. The predicted molar refractivity (Wildman–Crippen MR) is 65.5 cm³/mol. The average molecular weight is 219 g/mol. The maximum atomic E-state index is 5.65. The highest BCUT2D eigenvalue weighted by Gasteiger charge is 2.19. The van der Waals surface area contributed by atoms with Crippen LogP contribution in [0.3, 0.4) is 0 Å². The molecular formula is C13H21N3. The zero-order valence-corrected chi connectivity index (χ0v) is 9.73. The van der Waals surface area contributed by atoms with Gasteiger partial charge in [0, 0.05) is 18.4 Å². The van der Waals surface area contributed by atoms with Crippen molar-refractivity contribution in [3.05, 3.63) is 30.1 Å². The van der Waals surface area contributed by atoms with Gasteiger partial charge in [-0.25, -0.2) is 0 Å². The molecule has 16 heavy (non-hydrogen) atoms. The number of pyridine rings is 1. The zero-order chi connectivity index (χ0) is 11.2. The first kappa shape index (κ1) is 11.6. The summed E-state index contributed by atoms with van der Waals surface area (Å²) in [6.45, 7) is 0. The second kappa shape index (κ2) is 5.97. The van der Waals surface area contributed by atoms with Crippen LogP contribution in [0.15, 0.2) is 24.5 Å². The second-order valence-corrected chi connectivity index (χ2v) is 4.74. The summed E-state index contributed by atoms with van der Waals surface area (Å²) >= 11 is 0. The zero-order valence-electron chi connectivity index (χ0n) is 9.73. The Hall–Kier alpha value is -0.930. The van der Waals surface area contributed by atoms with Crippen molar-refractivity contribution in [3.63, 3.8) is 0 Å². The van der Waals surface area contributed by atoms with Gasteiger partial charge in [0.05, 0.1) is 0 Å². The maximum absolute atomic E-state index is 5.65. The van der Waals surface area contributed by atoms with Crippen molar-refractivity contribution in [1.82, 2.24) is 10.4 Å². The van der Waals surface area contributed by atoms with Crippen LogP contribution in [-0.4, -0.2) is 4.98 Å². The molecular weight excluding hydrogens is 198 g/mol. The van der Waals surface area contributed by atoms with E-state index >= 15 is 0 Å². The fourth-order valence-electron chi connectivity index (χ4n) is 2.65. The van der Waals surface area contributed by atoms with E-state index in [2.05, 4.69) is 10.4 Å². The SMILES string of the molecule is NNC(CC1CCCCC1)c1ccncc1. The van der Waals surface area contributed by atoms with Crippen LogP contribution in [0.5, 0.6) is 0 Å². The molecule has 0 spiro atoms. The molecule has 0 saturated heterocycles. The van der Waals surface area contributed by atoms with Gasteiger partial charge in [0.1, 0.15) is 0 Å². The highest BCUT2D eigenvalue weighted by molar-refractivity contribution is 5.14. The molecule has 1 atom stereocenters. The van der Waals surface area contributed by atoms with Crippen LogP contribution in [0.4, 0.5) is 0 Å². The Morgan fingerprint density at radius 1 is 1.25 bits per heavy atom. The normalized spacial score (nSPS) is 19.6. The molecule has 1 aliphatic carbocycles. The first-order valence-corrected chi connectivity index (χ1v) is 6.26. The van der Waals surface area contributed by atoms with Crippen molar-refractivity contribution in [2.75, 3.05) is 0 Å². The van der Waals surface area contributed by atoms with Crippen molar-refractivity contribution >= 4 is 0 Å². The molecule has 0 aliphatic heterocycles. The number of nitrogens with zero attached hydrogens (tertiary/aromatic N) is 1. The van der Waals surface area contributed by atoms with Crippen molar-refractivity contribution < 1.29 is 0 Å². The number of hydrogen-bond donors (Lipinski definition) is 2. The molecule has 0 bridgehead atoms. The van der Waals surface area contributed by atoms with E-state index < -0.39 is 0 Å². The quantitative estimate of drug-likeness (QED) is 0.604. The Balaban J connectivity index is 1.94. The van der Waals surface area contributed by atoms with Crippen LogP contribution in [0, 0.1) is 5.92 Å². The van der Waals surface area contributed by atoms with E-state index in [9.17, 15) is 0 Å². The van der Waals surface area contributed by atoms with Gasteiger partial charge in [-0.3, -0.25) is 16.3 Å². The molecule has 1 aromatic rings. The summed E-state index contributed by atoms with van der Waals surface area (Å²) in [7, 11) is 0. The average Bonchev–Trinajstić information content (AvgIpc) is 2.38. The van der Waals surface area contributed by atoms with Crippen molar-refractivity contribution in [3.8, 4) is 0 Å². The minimum Gasteiger partial charge on any atom is -0.271 e. The second-order valence-electron chi connectivity index (χ2n) is 4.74. The van der Waals surface area contributed by atoms with Crippen LogP contribution in [-0.2, 0) is 0 Å². The molecule has 3 N–H and O–H groups in total. The van der Waals surface area contributed by atoms with Crippen LogP contribution in [0.1, 0.15) is 50.1 Å². The monoisotopic (exact) mass is 219 g/mol. The molecule has 1 unspecified atom stereocenters. The molecule has 1 heterocycles. The van der Waals surface area contributed by atoms with E-state index in [0.717, 1.165) is 12.3 Å². The number of nitrogens with two attached hydrogens (primary N) is 1. The first-order chi connectivity index (χ1) is 7.90. The predicted octanol–water partition coefficient (Wildman–Crippen LogP) is 2.56. The van der Waals surface area contributed by atoms with E-state index in [1.54, 1.807) is 0 Å². The molecule has 1 aromatic heterocycles. The third-order valence-corrected chi connectivity index (χ3v) is 3.60. The lowest BCUT2D eigenvalue weighted by atomic mass is 9.83. The fourth-order valence-corrected chi connectivity index (χ4v) is 2.65. The molecule has 3 heteroatoms. The summed E-state index contributed by atoms with van der Waals surface area (Å²) in [4.78, 5) is 4.04. The standard InChI is InChI=1S/C13H21N3/c14-16-13(12-6-8-15-9-7-12)10-11-4-2-1-3-5-11/h6-9,11,13,16H,1-5,10,14H2. The highest BCUT2D eigenvalue weighted by Crippen LogP contribution is 2.31. The summed E-state index contributed by atoms with van der Waals surface area (Å²) in [5.74, 6) is 6.49. The number of aromatic nitrogens is 1. The Morgan fingerprint density at radius 2 is 1.94 bits per heavy atom. The van der Waals surface area contributed by atoms with E-state index in [0.29, 0.717) is 0 Å². The van der Waals surface area contributed by atoms with Gasteiger partial charge >= 0.3 is 0 Å². The van der Waals surface area contributed by atoms with Crippen LogP contribution in [0.2, 0.25) is 0 Å². The van der Waals surface area contributed by atoms with Crippen molar-refractivity contribution in [2.45, 2.75) is 44.6 Å². The van der Waals surface area contributed by atoms with Gasteiger partial charge in [0.25, 0.3) is 0 Å². The molecule has 88 valence electrons. The lowest BCUT2D eigenvalue weighted by molar-refractivity contribution is 0.301. The Labute approximate surface area is 97.4 Å². The summed E-state index contributed by atoms with van der Waals surface area (Å²) < 4.78 is 0. The first-order valence-electron chi connectivity index (χ1n) is 6.26. The summed E-state index contributed by atoms with van der Waals surface area (Å²) in [5.41, 5.74) is 4.19. The molecule has 1 fully saturated rings. The molecule has 0 aromatic carbocycles. The van der Waals surface area contributed by atoms with Crippen molar-refractivity contribution in [2.24, 2.45) is 11.8 Å². The van der Waals surface area contributed by atoms with E-state index in [1.807, 2.05) is 24.5 Å². The number of hydrazine groups is 1. The van der Waals surface area contributed by atoms with Gasteiger partial charge in [0.2, 0.25) is 0 Å². The van der Waals surface area contributed by atoms with Gasteiger partial charge in [-0.05, 0) is 30.0 Å². The fraction of sp³-hybridized carbons (Fsp3) is 0.615. The molecule has 0 radical (unpaired) electrons. The van der Waals surface area contributed by atoms with Crippen molar-refractivity contribution in [1.29, 1.82) is 0 Å². The van der Waals surface area contributed by atoms with E-state index in [4.69, 9.17) is 5.84 Å². The molecule has 0 amide bonds. The number of hydrogen-bond acceptors (Lipinski definition) is 3.